The van der Waals surface area contributed by atoms with Crippen molar-refractivity contribution >= 4 is 0 Å². The number of hydrogen-bond donors (Lipinski definition) is 0. The lowest BCUT2D eigenvalue weighted by Gasteiger charge is -2.07. The molecule has 4 nitrogen and oxygen atoms in total. The Labute approximate surface area is 129 Å². The van der Waals surface area contributed by atoms with Crippen molar-refractivity contribution in [2.75, 3.05) is 7.11 Å². The van der Waals surface area contributed by atoms with Crippen LogP contribution in [0.1, 0.15) is 5.56 Å². The molecule has 2 aromatic heterocycles. The lowest BCUT2D eigenvalue weighted by atomic mass is 10.2. The second kappa shape index (κ2) is 6.72. The van der Waals surface area contributed by atoms with E-state index in [0.29, 0.717) is 12.5 Å². The summed E-state index contributed by atoms with van der Waals surface area (Å²) in [6.07, 6.45) is 1.75. The summed E-state index contributed by atoms with van der Waals surface area (Å²) in [5, 5.41) is 0. The van der Waals surface area contributed by atoms with Gasteiger partial charge in [-0.2, -0.15) is 0 Å². The topological polar surface area (TPSA) is 44.2 Å². The Morgan fingerprint density at radius 1 is 0.864 bits per heavy atom. The van der Waals surface area contributed by atoms with Crippen LogP contribution in [0.25, 0.3) is 11.4 Å². The maximum Gasteiger partial charge on any atom is 0.214 e. The van der Waals surface area contributed by atoms with Crippen LogP contribution >= 0.6 is 0 Å². The lowest BCUT2D eigenvalue weighted by Crippen LogP contribution is -1.98. The Morgan fingerprint density at radius 3 is 2.41 bits per heavy atom. The van der Waals surface area contributed by atoms with Crippen molar-refractivity contribution in [1.29, 1.82) is 0 Å². The van der Waals surface area contributed by atoms with Crippen LogP contribution in [0.15, 0.2) is 66.9 Å². The zero-order valence-corrected chi connectivity index (χ0v) is 12.3. The molecule has 4 heteroatoms. The first-order chi connectivity index (χ1) is 10.8. The highest BCUT2D eigenvalue weighted by molar-refractivity contribution is 5.54. The molecule has 0 atom stereocenters. The van der Waals surface area contributed by atoms with Crippen molar-refractivity contribution in [2.45, 2.75) is 6.61 Å². The molecule has 0 aliphatic rings. The predicted molar refractivity (Wildman–Crippen MR) is 84.8 cm³/mol. The predicted octanol–water partition coefficient (Wildman–Crippen LogP) is 3.73. The van der Waals surface area contributed by atoms with Gasteiger partial charge in [0.05, 0.1) is 18.5 Å². The zero-order chi connectivity index (χ0) is 15.2. The third kappa shape index (κ3) is 3.41. The van der Waals surface area contributed by atoms with Crippen LogP contribution in [0.3, 0.4) is 0 Å². The lowest BCUT2D eigenvalue weighted by molar-refractivity contribution is 0.294. The van der Waals surface area contributed by atoms with Gasteiger partial charge in [0.25, 0.3) is 0 Å². The van der Waals surface area contributed by atoms with Gasteiger partial charge in [0.2, 0.25) is 5.88 Å². The van der Waals surface area contributed by atoms with E-state index in [1.165, 1.54) is 0 Å². The van der Waals surface area contributed by atoms with Crippen LogP contribution < -0.4 is 9.47 Å². The van der Waals surface area contributed by atoms with Gasteiger partial charge >= 0.3 is 0 Å². The van der Waals surface area contributed by atoms with Gasteiger partial charge in [-0.15, -0.1) is 0 Å². The maximum atomic E-state index is 5.75. The first-order valence-electron chi connectivity index (χ1n) is 6.99. The number of pyridine rings is 2. The molecule has 0 amide bonds. The molecular formula is C18H16N2O2. The van der Waals surface area contributed by atoms with Gasteiger partial charge in [-0.3, -0.25) is 4.98 Å². The van der Waals surface area contributed by atoms with Crippen molar-refractivity contribution in [3.05, 3.63) is 72.4 Å². The highest BCUT2D eigenvalue weighted by atomic mass is 16.5. The summed E-state index contributed by atoms with van der Waals surface area (Å²) >= 11 is 0. The standard InChI is InChI=1S/C18H16N2O2/c1-21-15-10-8-14(9-11-15)13-22-18-7-4-6-17(20-18)16-5-2-3-12-19-16/h2-12H,13H2,1H3. The van der Waals surface area contributed by atoms with Crippen LogP contribution in [-0.2, 0) is 6.61 Å². The molecule has 0 radical (unpaired) electrons. The molecule has 110 valence electrons. The molecule has 2 heterocycles. The fourth-order valence-electron chi connectivity index (χ4n) is 2.03. The first-order valence-corrected chi connectivity index (χ1v) is 6.99. The summed E-state index contributed by atoms with van der Waals surface area (Å²) in [5.74, 6) is 1.41. The largest absolute Gasteiger partial charge is 0.497 e. The first kappa shape index (κ1) is 14.1. The second-order valence-electron chi connectivity index (χ2n) is 4.71. The van der Waals surface area contributed by atoms with E-state index < -0.39 is 0 Å². The van der Waals surface area contributed by atoms with Gasteiger partial charge in [0.15, 0.2) is 0 Å². The monoisotopic (exact) mass is 292 g/mol. The third-order valence-corrected chi connectivity index (χ3v) is 3.20. The molecule has 3 rings (SSSR count). The summed E-state index contributed by atoms with van der Waals surface area (Å²) in [7, 11) is 1.65. The Kier molecular flexibility index (Phi) is 4.30. The van der Waals surface area contributed by atoms with E-state index in [0.717, 1.165) is 22.7 Å². The van der Waals surface area contributed by atoms with Gasteiger partial charge in [-0.05, 0) is 35.9 Å². The minimum atomic E-state index is 0.461. The number of nitrogens with zero attached hydrogens (tertiary/aromatic N) is 2. The molecular weight excluding hydrogens is 276 g/mol. The Bertz CT molecular complexity index is 728. The minimum absolute atomic E-state index is 0.461. The van der Waals surface area contributed by atoms with E-state index in [-0.39, 0.29) is 0 Å². The highest BCUT2D eigenvalue weighted by Gasteiger charge is 2.03. The number of methoxy groups -OCH3 is 1. The van der Waals surface area contributed by atoms with Gasteiger partial charge in [-0.25, -0.2) is 4.98 Å². The van der Waals surface area contributed by atoms with Crippen LogP contribution in [0.4, 0.5) is 0 Å². The van der Waals surface area contributed by atoms with Gasteiger partial charge in [0, 0.05) is 12.3 Å². The number of hydrogen-bond acceptors (Lipinski definition) is 4. The van der Waals surface area contributed by atoms with E-state index in [1.54, 1.807) is 13.3 Å². The van der Waals surface area contributed by atoms with E-state index in [2.05, 4.69) is 9.97 Å². The van der Waals surface area contributed by atoms with E-state index in [9.17, 15) is 0 Å². The van der Waals surface area contributed by atoms with Gasteiger partial charge in [-0.1, -0.05) is 24.3 Å². The summed E-state index contributed by atoms with van der Waals surface area (Å²) in [6.45, 7) is 0.461. The van der Waals surface area contributed by atoms with Crippen LogP contribution in [-0.4, -0.2) is 17.1 Å². The number of ether oxygens (including phenoxy) is 2. The molecule has 22 heavy (non-hydrogen) atoms. The summed E-state index contributed by atoms with van der Waals surface area (Å²) in [6, 6.07) is 19.2. The SMILES string of the molecule is COc1ccc(COc2cccc(-c3ccccn3)n2)cc1. The summed E-state index contributed by atoms with van der Waals surface area (Å²) in [5.41, 5.74) is 2.69. The Hall–Kier alpha value is -2.88. The molecule has 0 saturated heterocycles. The molecule has 0 unspecified atom stereocenters. The van der Waals surface area contributed by atoms with E-state index >= 15 is 0 Å². The van der Waals surface area contributed by atoms with Gasteiger partial charge in [0.1, 0.15) is 12.4 Å². The molecule has 0 N–H and O–H groups in total. The average Bonchev–Trinajstić information content (AvgIpc) is 2.61. The quantitative estimate of drug-likeness (QED) is 0.718. The maximum absolute atomic E-state index is 5.75. The van der Waals surface area contributed by atoms with Crippen molar-refractivity contribution < 1.29 is 9.47 Å². The molecule has 0 fully saturated rings. The normalized spacial score (nSPS) is 10.2. The van der Waals surface area contributed by atoms with Crippen LogP contribution in [0.5, 0.6) is 11.6 Å². The van der Waals surface area contributed by atoms with E-state index in [4.69, 9.17) is 9.47 Å². The van der Waals surface area contributed by atoms with Crippen molar-refractivity contribution in [1.82, 2.24) is 9.97 Å². The molecule has 0 spiro atoms. The van der Waals surface area contributed by atoms with Crippen LogP contribution in [0, 0.1) is 0 Å². The molecule has 0 bridgehead atoms. The van der Waals surface area contributed by atoms with Gasteiger partial charge < -0.3 is 9.47 Å². The zero-order valence-electron chi connectivity index (χ0n) is 12.3. The Morgan fingerprint density at radius 2 is 1.68 bits per heavy atom. The summed E-state index contributed by atoms with van der Waals surface area (Å²) in [4.78, 5) is 8.78. The fraction of sp³-hybridized carbons (Fsp3) is 0.111. The molecule has 3 aromatic rings. The van der Waals surface area contributed by atoms with Crippen molar-refractivity contribution in [3.63, 3.8) is 0 Å². The molecule has 0 aliphatic heterocycles. The third-order valence-electron chi connectivity index (χ3n) is 3.20. The summed E-state index contributed by atoms with van der Waals surface area (Å²) < 4.78 is 10.9. The Balaban J connectivity index is 1.70. The van der Waals surface area contributed by atoms with E-state index in [1.807, 2.05) is 60.7 Å². The smallest absolute Gasteiger partial charge is 0.214 e. The second-order valence-corrected chi connectivity index (χ2v) is 4.71. The number of aromatic nitrogens is 2. The molecule has 0 saturated carbocycles. The minimum Gasteiger partial charge on any atom is -0.497 e. The number of benzene rings is 1. The van der Waals surface area contributed by atoms with Crippen molar-refractivity contribution in [2.24, 2.45) is 0 Å². The number of rotatable bonds is 5. The average molecular weight is 292 g/mol. The molecule has 0 aliphatic carbocycles. The fourth-order valence-corrected chi connectivity index (χ4v) is 2.03. The highest BCUT2D eigenvalue weighted by Crippen LogP contribution is 2.18. The molecule has 1 aromatic carbocycles. The van der Waals surface area contributed by atoms with Crippen molar-refractivity contribution in [3.8, 4) is 23.0 Å². The van der Waals surface area contributed by atoms with Crippen LogP contribution in [0.2, 0.25) is 0 Å².